The van der Waals surface area contributed by atoms with Crippen LogP contribution in [0.15, 0.2) is 48.5 Å². The fourth-order valence-corrected chi connectivity index (χ4v) is 2.72. The largest absolute Gasteiger partial charge is 0.396 e. The molecular formula is C19H22N2O3. The van der Waals surface area contributed by atoms with Crippen molar-refractivity contribution in [3.05, 3.63) is 59.7 Å². The summed E-state index contributed by atoms with van der Waals surface area (Å²) in [7, 11) is 0. The third kappa shape index (κ3) is 3.42. The van der Waals surface area contributed by atoms with Crippen molar-refractivity contribution in [3.63, 3.8) is 0 Å². The van der Waals surface area contributed by atoms with E-state index >= 15 is 0 Å². The van der Waals surface area contributed by atoms with Gasteiger partial charge < -0.3 is 20.5 Å². The van der Waals surface area contributed by atoms with Crippen LogP contribution in [0.2, 0.25) is 0 Å². The Kier molecular flexibility index (Phi) is 4.83. The number of ether oxygens (including phenoxy) is 1. The maximum atomic E-state index is 12.5. The lowest BCUT2D eigenvalue weighted by molar-refractivity contribution is -0.128. The van der Waals surface area contributed by atoms with Crippen molar-refractivity contribution in [2.75, 3.05) is 37.0 Å². The number of para-hydroxylation sites is 1. The van der Waals surface area contributed by atoms with Crippen LogP contribution < -0.4 is 10.6 Å². The molecule has 126 valence electrons. The predicted octanol–water partition coefficient (Wildman–Crippen LogP) is 2.67. The Morgan fingerprint density at radius 1 is 1.17 bits per heavy atom. The van der Waals surface area contributed by atoms with Crippen molar-refractivity contribution in [2.45, 2.75) is 6.92 Å². The number of nitrogens with one attached hydrogen (secondary N) is 2. The number of rotatable bonds is 6. The molecule has 3 N–H and O–H groups in total. The molecule has 1 heterocycles. The minimum atomic E-state index is -0.214. The fraction of sp³-hybridized carbons (Fsp3) is 0.316. The number of benzene rings is 2. The summed E-state index contributed by atoms with van der Waals surface area (Å²) >= 11 is 0. The van der Waals surface area contributed by atoms with E-state index in [-0.39, 0.29) is 17.9 Å². The van der Waals surface area contributed by atoms with Gasteiger partial charge in [-0.25, -0.2) is 0 Å². The molecule has 24 heavy (non-hydrogen) atoms. The monoisotopic (exact) mass is 326 g/mol. The highest BCUT2D eigenvalue weighted by Gasteiger charge is 2.37. The third-order valence-corrected chi connectivity index (χ3v) is 4.42. The van der Waals surface area contributed by atoms with Crippen molar-refractivity contribution in [3.8, 4) is 0 Å². The van der Waals surface area contributed by atoms with Gasteiger partial charge in [0, 0.05) is 23.5 Å². The van der Waals surface area contributed by atoms with Crippen LogP contribution in [0.3, 0.4) is 0 Å². The summed E-state index contributed by atoms with van der Waals surface area (Å²) in [5, 5.41) is 15.8. The molecule has 0 saturated carbocycles. The maximum Gasteiger partial charge on any atom is 0.256 e. The van der Waals surface area contributed by atoms with E-state index in [0.29, 0.717) is 25.3 Å². The van der Waals surface area contributed by atoms with Crippen molar-refractivity contribution >= 4 is 17.3 Å². The molecule has 0 aliphatic carbocycles. The van der Waals surface area contributed by atoms with E-state index in [1.54, 1.807) is 0 Å². The van der Waals surface area contributed by atoms with Gasteiger partial charge in [-0.2, -0.15) is 0 Å². The van der Waals surface area contributed by atoms with Gasteiger partial charge >= 0.3 is 0 Å². The molecule has 2 aromatic rings. The Labute approximate surface area is 141 Å². The predicted molar refractivity (Wildman–Crippen MR) is 94.4 cm³/mol. The highest BCUT2D eigenvalue weighted by molar-refractivity contribution is 6.06. The zero-order valence-corrected chi connectivity index (χ0v) is 13.7. The first-order valence-corrected chi connectivity index (χ1v) is 8.02. The Morgan fingerprint density at radius 3 is 2.54 bits per heavy atom. The molecule has 2 aromatic carbocycles. The van der Waals surface area contributed by atoms with Gasteiger partial charge in [-0.3, -0.25) is 4.79 Å². The Morgan fingerprint density at radius 2 is 1.92 bits per heavy atom. The number of aliphatic hydroxyl groups is 1. The van der Waals surface area contributed by atoms with E-state index in [1.165, 1.54) is 0 Å². The smallest absolute Gasteiger partial charge is 0.256 e. The van der Waals surface area contributed by atoms with E-state index in [9.17, 15) is 9.90 Å². The fourth-order valence-electron chi connectivity index (χ4n) is 2.72. The summed E-state index contributed by atoms with van der Waals surface area (Å²) in [6, 6.07) is 15.0. The number of aliphatic hydroxyl groups excluding tert-OH is 1. The molecule has 0 atom stereocenters. The van der Waals surface area contributed by atoms with Crippen LogP contribution in [0.4, 0.5) is 11.4 Å². The number of carbonyl (C=O) groups is 1. The number of amides is 1. The van der Waals surface area contributed by atoms with Gasteiger partial charge in [0.2, 0.25) is 0 Å². The van der Waals surface area contributed by atoms with Crippen molar-refractivity contribution in [1.29, 1.82) is 0 Å². The molecule has 0 radical (unpaired) electrons. The lowest BCUT2D eigenvalue weighted by atomic mass is 9.87. The van der Waals surface area contributed by atoms with Gasteiger partial charge in [0.25, 0.3) is 5.91 Å². The van der Waals surface area contributed by atoms with Crippen molar-refractivity contribution < 1.29 is 14.6 Å². The van der Waals surface area contributed by atoms with Crippen LogP contribution in [-0.4, -0.2) is 37.4 Å². The van der Waals surface area contributed by atoms with Crippen LogP contribution in [-0.2, 0) is 4.74 Å². The SMILES string of the molecule is Cc1c(NCC2(CO)COC2)cccc1C(=O)Nc1ccccc1. The molecule has 0 aromatic heterocycles. The molecule has 1 fully saturated rings. The molecule has 0 spiro atoms. The summed E-state index contributed by atoms with van der Waals surface area (Å²) in [5.74, 6) is -0.133. The normalized spacial score (nSPS) is 15.4. The highest BCUT2D eigenvalue weighted by atomic mass is 16.5. The highest BCUT2D eigenvalue weighted by Crippen LogP contribution is 2.28. The number of hydrogen-bond donors (Lipinski definition) is 3. The van der Waals surface area contributed by atoms with E-state index < -0.39 is 0 Å². The molecule has 1 saturated heterocycles. The summed E-state index contributed by atoms with van der Waals surface area (Å²) in [6.45, 7) is 3.75. The first-order valence-electron chi connectivity index (χ1n) is 8.02. The van der Waals surface area contributed by atoms with Gasteiger partial charge in [-0.05, 0) is 36.8 Å². The zero-order valence-electron chi connectivity index (χ0n) is 13.7. The van der Waals surface area contributed by atoms with Crippen molar-refractivity contribution in [2.24, 2.45) is 5.41 Å². The molecular weight excluding hydrogens is 304 g/mol. The van der Waals surface area contributed by atoms with Gasteiger partial charge in [0.1, 0.15) is 0 Å². The Bertz CT molecular complexity index is 706. The summed E-state index contributed by atoms with van der Waals surface area (Å²) in [5.41, 5.74) is 2.97. The second-order valence-corrected chi connectivity index (χ2v) is 6.30. The lowest BCUT2D eigenvalue weighted by Crippen LogP contribution is -2.50. The molecule has 5 heteroatoms. The average Bonchev–Trinajstić information content (AvgIpc) is 2.56. The molecule has 3 rings (SSSR count). The molecule has 1 aliphatic rings. The Balaban J connectivity index is 1.72. The summed E-state index contributed by atoms with van der Waals surface area (Å²) in [4.78, 5) is 12.5. The maximum absolute atomic E-state index is 12.5. The Hall–Kier alpha value is -2.37. The van der Waals surface area contributed by atoms with Crippen LogP contribution in [0.25, 0.3) is 0 Å². The minimum Gasteiger partial charge on any atom is -0.396 e. The minimum absolute atomic E-state index is 0.0905. The van der Waals surface area contributed by atoms with Gasteiger partial charge in [-0.1, -0.05) is 24.3 Å². The molecule has 1 amide bonds. The summed E-state index contributed by atoms with van der Waals surface area (Å²) < 4.78 is 5.21. The summed E-state index contributed by atoms with van der Waals surface area (Å²) in [6.07, 6.45) is 0. The first-order chi connectivity index (χ1) is 11.6. The van der Waals surface area contributed by atoms with Crippen LogP contribution in [0, 0.1) is 12.3 Å². The first kappa shape index (κ1) is 16.5. The van der Waals surface area contributed by atoms with Crippen LogP contribution >= 0.6 is 0 Å². The van der Waals surface area contributed by atoms with E-state index in [2.05, 4.69) is 10.6 Å². The van der Waals surface area contributed by atoms with Crippen molar-refractivity contribution in [1.82, 2.24) is 0 Å². The van der Waals surface area contributed by atoms with E-state index in [1.807, 2.05) is 55.5 Å². The topological polar surface area (TPSA) is 70.6 Å². The number of anilines is 2. The average molecular weight is 326 g/mol. The van der Waals surface area contributed by atoms with Gasteiger partial charge in [-0.15, -0.1) is 0 Å². The third-order valence-electron chi connectivity index (χ3n) is 4.42. The van der Waals surface area contributed by atoms with E-state index in [4.69, 9.17) is 4.74 Å². The molecule has 1 aliphatic heterocycles. The number of carbonyl (C=O) groups excluding carboxylic acids is 1. The van der Waals surface area contributed by atoms with Crippen LogP contribution in [0.1, 0.15) is 15.9 Å². The van der Waals surface area contributed by atoms with Gasteiger partial charge in [0.05, 0.1) is 25.2 Å². The number of hydrogen-bond acceptors (Lipinski definition) is 4. The van der Waals surface area contributed by atoms with E-state index in [0.717, 1.165) is 16.9 Å². The molecule has 5 nitrogen and oxygen atoms in total. The standard InChI is InChI=1S/C19H22N2O3/c1-14-16(18(23)21-15-6-3-2-4-7-15)8-5-9-17(14)20-10-19(11-22)12-24-13-19/h2-9,20,22H,10-13H2,1H3,(H,21,23). The van der Waals surface area contributed by atoms with Gasteiger partial charge in [0.15, 0.2) is 0 Å². The molecule has 0 unspecified atom stereocenters. The lowest BCUT2D eigenvalue weighted by Gasteiger charge is -2.40. The second kappa shape index (κ2) is 7.03. The second-order valence-electron chi connectivity index (χ2n) is 6.30. The quantitative estimate of drug-likeness (QED) is 0.763. The van der Waals surface area contributed by atoms with Crippen LogP contribution in [0.5, 0.6) is 0 Å². The zero-order chi connectivity index (χ0) is 17.0. The molecule has 0 bridgehead atoms.